The highest BCUT2D eigenvalue weighted by molar-refractivity contribution is 5.85. The molecule has 3 N–H and O–H groups in total. The zero-order valence-electron chi connectivity index (χ0n) is 25.1. The van der Waals surface area contributed by atoms with E-state index in [4.69, 9.17) is 30.3 Å². The van der Waals surface area contributed by atoms with Crippen LogP contribution in [0.1, 0.15) is 25.3 Å². The normalized spacial score (nSPS) is 16.6. The van der Waals surface area contributed by atoms with Gasteiger partial charge in [-0.05, 0) is 43.5 Å². The number of rotatable bonds is 9. The highest BCUT2D eigenvalue weighted by Crippen LogP contribution is 2.29. The van der Waals surface area contributed by atoms with E-state index >= 15 is 0 Å². The lowest BCUT2D eigenvalue weighted by Gasteiger charge is -2.32. The van der Waals surface area contributed by atoms with E-state index in [1.165, 1.54) is 0 Å². The van der Waals surface area contributed by atoms with E-state index in [1.807, 2.05) is 6.07 Å². The van der Waals surface area contributed by atoms with Gasteiger partial charge in [0.15, 0.2) is 17.1 Å². The lowest BCUT2D eigenvalue weighted by atomic mass is 10.1. The number of hydrogen-bond donors (Lipinski definition) is 3. The maximum absolute atomic E-state index is 8.89. The van der Waals surface area contributed by atoms with Gasteiger partial charge in [0.25, 0.3) is 0 Å². The number of morpholine rings is 1. The molecule has 0 atom stereocenters. The molecule has 0 bridgehead atoms. The Morgan fingerprint density at radius 2 is 1.81 bits per heavy atom. The summed E-state index contributed by atoms with van der Waals surface area (Å²) in [7, 11) is 1.74. The van der Waals surface area contributed by atoms with Gasteiger partial charge in [-0.1, -0.05) is 30.3 Å². The van der Waals surface area contributed by atoms with E-state index < -0.39 is 0 Å². The molecule has 2 saturated heterocycles. The third kappa shape index (κ3) is 6.48. The summed E-state index contributed by atoms with van der Waals surface area (Å²) in [6.07, 6.45) is 3.68. The highest BCUT2D eigenvalue weighted by atomic mass is 16.5. The van der Waals surface area contributed by atoms with Crippen molar-refractivity contribution in [1.82, 2.24) is 24.0 Å². The summed E-state index contributed by atoms with van der Waals surface area (Å²) in [4.78, 5) is 14.8. The molecule has 2 fully saturated rings. The first-order chi connectivity index (χ1) is 21.0. The van der Waals surface area contributed by atoms with E-state index in [0.717, 1.165) is 87.7 Å². The van der Waals surface area contributed by atoms with Gasteiger partial charge in [-0.2, -0.15) is 0 Å². The Morgan fingerprint density at radius 1 is 1.05 bits per heavy atom. The lowest BCUT2D eigenvalue weighted by molar-refractivity contribution is 0.122. The van der Waals surface area contributed by atoms with Crippen molar-refractivity contribution in [2.75, 3.05) is 69.9 Å². The molecule has 0 aliphatic carbocycles. The van der Waals surface area contributed by atoms with Crippen molar-refractivity contribution >= 4 is 28.4 Å². The minimum atomic E-state index is 0.179. The number of aromatic nitrogens is 4. The molecule has 6 rings (SSSR count). The highest BCUT2D eigenvalue weighted by Gasteiger charge is 2.23. The van der Waals surface area contributed by atoms with Gasteiger partial charge in [0.2, 0.25) is 0 Å². The van der Waals surface area contributed by atoms with Crippen molar-refractivity contribution in [2.45, 2.75) is 32.4 Å². The average Bonchev–Trinajstić information content (AvgIpc) is 3.39. The largest absolute Gasteiger partial charge is 0.383 e. The van der Waals surface area contributed by atoms with Crippen molar-refractivity contribution in [1.29, 1.82) is 10.8 Å². The fourth-order valence-electron chi connectivity index (χ4n) is 5.94. The van der Waals surface area contributed by atoms with Crippen molar-refractivity contribution < 1.29 is 9.47 Å². The average molecular weight is 584 g/mol. The predicted molar refractivity (Wildman–Crippen MR) is 169 cm³/mol. The first kappa shape index (κ1) is 29.0. The number of fused-ring (bicyclic) bond motifs is 1. The summed E-state index contributed by atoms with van der Waals surface area (Å²) in [6.45, 7) is 9.08. The Hall–Kier alpha value is -4.06. The van der Waals surface area contributed by atoms with Crippen LogP contribution >= 0.6 is 0 Å². The molecule has 11 nitrogen and oxygen atoms in total. The van der Waals surface area contributed by atoms with Crippen LogP contribution in [0.5, 0.6) is 0 Å². The molecule has 43 heavy (non-hydrogen) atoms. The van der Waals surface area contributed by atoms with Crippen molar-refractivity contribution in [2.24, 2.45) is 0 Å². The van der Waals surface area contributed by atoms with Crippen molar-refractivity contribution in [3.8, 4) is 11.5 Å². The molecular weight excluding hydrogens is 542 g/mol. The Balaban J connectivity index is 1.39. The van der Waals surface area contributed by atoms with Crippen LogP contribution in [0, 0.1) is 10.8 Å². The van der Waals surface area contributed by atoms with Crippen LogP contribution in [0.15, 0.2) is 54.7 Å². The van der Waals surface area contributed by atoms with Gasteiger partial charge in [0.05, 0.1) is 30.9 Å². The molecule has 0 unspecified atom stereocenters. The molecule has 0 amide bonds. The zero-order chi connectivity index (χ0) is 29.8. The van der Waals surface area contributed by atoms with Gasteiger partial charge in [0, 0.05) is 64.3 Å². The number of ether oxygens (including phenoxy) is 2. The number of methoxy groups -OCH3 is 1. The van der Waals surface area contributed by atoms with Gasteiger partial charge in [-0.25, -0.2) is 9.97 Å². The molecule has 0 spiro atoms. The number of benzene rings is 2. The summed E-state index contributed by atoms with van der Waals surface area (Å²) in [5.41, 5.74) is 5.02. The molecule has 4 aromatic rings. The molecule has 2 aliphatic rings. The van der Waals surface area contributed by atoms with E-state index in [0.29, 0.717) is 23.9 Å². The van der Waals surface area contributed by atoms with E-state index in [9.17, 15) is 0 Å². The van der Waals surface area contributed by atoms with E-state index in [-0.39, 0.29) is 17.4 Å². The van der Waals surface area contributed by atoms with Crippen molar-refractivity contribution in [3.63, 3.8) is 0 Å². The lowest BCUT2D eigenvalue weighted by Crippen LogP contribution is -2.42. The molecule has 226 valence electrons. The second-order valence-corrected chi connectivity index (χ2v) is 11.3. The molecule has 2 aromatic heterocycles. The molecule has 0 saturated carbocycles. The van der Waals surface area contributed by atoms with Crippen LogP contribution in [0.3, 0.4) is 0 Å². The topological polar surface area (TPSA) is 120 Å². The molecule has 11 heteroatoms. The Labute approximate surface area is 252 Å². The molecule has 2 aromatic carbocycles. The number of imidazole rings is 1. The first-order valence-corrected chi connectivity index (χ1v) is 15.1. The fraction of sp³-hybridized carbons (Fsp3) is 0.438. The minimum absolute atomic E-state index is 0.179. The Kier molecular flexibility index (Phi) is 8.82. The van der Waals surface area contributed by atoms with Crippen LogP contribution in [-0.2, 0) is 16.0 Å². The fourth-order valence-corrected chi connectivity index (χ4v) is 5.94. The van der Waals surface area contributed by atoms with Crippen LogP contribution in [0.4, 0.5) is 11.5 Å². The van der Waals surface area contributed by atoms with E-state index in [2.05, 4.69) is 62.1 Å². The monoisotopic (exact) mass is 583 g/mol. The Morgan fingerprint density at radius 3 is 2.53 bits per heavy atom. The van der Waals surface area contributed by atoms with Crippen molar-refractivity contribution in [3.05, 3.63) is 65.8 Å². The van der Waals surface area contributed by atoms with E-state index in [1.54, 1.807) is 24.8 Å². The number of piperidine rings is 1. The van der Waals surface area contributed by atoms with Gasteiger partial charge >= 0.3 is 0 Å². The maximum atomic E-state index is 8.89. The van der Waals surface area contributed by atoms with Crippen LogP contribution in [-0.4, -0.2) is 95.5 Å². The third-order valence-corrected chi connectivity index (χ3v) is 8.37. The minimum Gasteiger partial charge on any atom is -0.383 e. The molecule has 2 aliphatic heterocycles. The maximum Gasteiger partial charge on any atom is 0.173 e. The van der Waals surface area contributed by atoms with Gasteiger partial charge in [-0.15, -0.1) is 0 Å². The molecule has 4 heterocycles. The van der Waals surface area contributed by atoms with Crippen LogP contribution in [0.25, 0.3) is 22.6 Å². The summed E-state index contributed by atoms with van der Waals surface area (Å²) in [6, 6.07) is 17.0. The van der Waals surface area contributed by atoms with Gasteiger partial charge in [-0.3, -0.25) is 15.4 Å². The molecular formula is C32H41N9O2. The van der Waals surface area contributed by atoms with Gasteiger partial charge < -0.3 is 29.2 Å². The predicted octanol–water partition coefficient (Wildman–Crippen LogP) is 3.63. The van der Waals surface area contributed by atoms with Crippen LogP contribution < -0.4 is 15.7 Å². The Bertz CT molecular complexity index is 1620. The third-order valence-electron chi connectivity index (χ3n) is 8.37. The number of nitrogens with zero attached hydrogens (tertiary/aromatic N) is 6. The summed E-state index contributed by atoms with van der Waals surface area (Å²) < 4.78 is 14.6. The number of likely N-dealkylation sites (tertiary alicyclic amines) is 1. The smallest absolute Gasteiger partial charge is 0.173 e. The van der Waals surface area contributed by atoms with Crippen LogP contribution in [0.2, 0.25) is 0 Å². The quantitative estimate of drug-likeness (QED) is 0.203. The standard InChI is InChI=1S/C32H41N9O2/c1-23(33)40-22-28(36-31(30(40)34)35-25-10-12-38(13-11-25)14-17-42-2)32-37-27-9-8-26(39-15-18-43-19-16-39)20-29(27)41(32)21-24-6-4-3-5-7-24/h3-9,20,22,25,33-34H,10-19,21H2,1-2H3,(H,35,36). The first-order valence-electron chi connectivity index (χ1n) is 15.1. The summed E-state index contributed by atoms with van der Waals surface area (Å²) in [5, 5.41) is 20.9. The van der Waals surface area contributed by atoms with Gasteiger partial charge in [0.1, 0.15) is 11.5 Å². The second-order valence-electron chi connectivity index (χ2n) is 11.3. The summed E-state index contributed by atoms with van der Waals surface area (Å²) >= 11 is 0. The SMILES string of the molecule is COCCN1CCC(Nc2nc(-c3nc4ccc(N5CCOCC5)cc4n3Cc3ccccc3)cn(C(C)=N)c2=N)CC1. The number of nitrogens with one attached hydrogen (secondary N) is 3. The number of anilines is 2. The second kappa shape index (κ2) is 13.1. The number of hydrogen-bond acceptors (Lipinski definition) is 9. The summed E-state index contributed by atoms with van der Waals surface area (Å²) in [5.74, 6) is 1.45. The molecule has 0 radical (unpaired) electrons. The zero-order valence-corrected chi connectivity index (χ0v) is 25.1.